The van der Waals surface area contributed by atoms with Gasteiger partial charge in [0.2, 0.25) is 0 Å². The molecule has 1 aliphatic heterocycles. The van der Waals surface area contributed by atoms with Gasteiger partial charge < -0.3 is 19.9 Å². The highest BCUT2D eigenvalue weighted by Crippen LogP contribution is 2.37. The van der Waals surface area contributed by atoms with Gasteiger partial charge in [0.25, 0.3) is 0 Å². The van der Waals surface area contributed by atoms with Crippen LogP contribution in [0.1, 0.15) is 27.9 Å². The predicted molar refractivity (Wildman–Crippen MR) is 91.0 cm³/mol. The third kappa shape index (κ3) is 3.99. The lowest BCUT2D eigenvalue weighted by Gasteiger charge is -2.12. The maximum absolute atomic E-state index is 11.0. The molecule has 3 rings (SSSR count). The van der Waals surface area contributed by atoms with Crippen molar-refractivity contribution in [3.05, 3.63) is 58.1 Å². The van der Waals surface area contributed by atoms with E-state index in [1.165, 1.54) is 0 Å². The summed E-state index contributed by atoms with van der Waals surface area (Å²) in [6.07, 6.45) is 0.832. The van der Waals surface area contributed by atoms with Crippen LogP contribution in [0.3, 0.4) is 0 Å². The summed E-state index contributed by atoms with van der Waals surface area (Å²) in [6, 6.07) is 10.7. The molecule has 0 bridgehead atoms. The number of rotatable bonds is 5. The Kier molecular flexibility index (Phi) is 5.23. The number of nitrogens with one attached hydrogen (secondary N) is 1. The number of hydrogen-bond acceptors (Lipinski definition) is 4. The second kappa shape index (κ2) is 7.55. The van der Waals surface area contributed by atoms with Crippen LogP contribution < -0.4 is 14.8 Å². The van der Waals surface area contributed by atoms with E-state index in [0.717, 1.165) is 17.5 Å². The van der Waals surface area contributed by atoms with Crippen LogP contribution in [0, 0.1) is 0 Å². The first kappa shape index (κ1) is 16.6. The number of carboxylic acids is 1. The summed E-state index contributed by atoms with van der Waals surface area (Å²) < 4.78 is 11.3. The molecule has 0 unspecified atom stereocenters. The van der Waals surface area contributed by atoms with Crippen LogP contribution in [-0.2, 0) is 13.1 Å². The van der Waals surface area contributed by atoms with Gasteiger partial charge in [-0.2, -0.15) is 0 Å². The maximum atomic E-state index is 11.0. The summed E-state index contributed by atoms with van der Waals surface area (Å²) in [5.74, 6) is 0.350. The van der Waals surface area contributed by atoms with Gasteiger partial charge in [-0.15, -0.1) is 0 Å². The smallest absolute Gasteiger partial charge is 0.335 e. The Labute approximate surface area is 145 Å². The van der Waals surface area contributed by atoms with E-state index in [1.54, 1.807) is 18.2 Å². The van der Waals surface area contributed by atoms with E-state index < -0.39 is 5.97 Å². The maximum Gasteiger partial charge on any atom is 0.335 e. The number of halogens is 1. The van der Waals surface area contributed by atoms with E-state index in [2.05, 4.69) is 5.32 Å². The Hall–Kier alpha value is -2.24. The lowest BCUT2D eigenvalue weighted by molar-refractivity contribution is 0.0696. The Morgan fingerprint density at radius 1 is 1.12 bits per heavy atom. The average Bonchev–Trinajstić information content (AvgIpc) is 2.81. The van der Waals surface area contributed by atoms with E-state index in [4.69, 9.17) is 26.2 Å². The van der Waals surface area contributed by atoms with Crippen molar-refractivity contribution in [2.45, 2.75) is 19.5 Å². The van der Waals surface area contributed by atoms with Crippen LogP contribution in [0.15, 0.2) is 36.4 Å². The second-order valence-corrected chi connectivity index (χ2v) is 5.97. The molecule has 2 aromatic carbocycles. The van der Waals surface area contributed by atoms with Crippen LogP contribution in [0.25, 0.3) is 0 Å². The largest absolute Gasteiger partial charge is 0.489 e. The van der Waals surface area contributed by atoms with E-state index >= 15 is 0 Å². The lowest BCUT2D eigenvalue weighted by Crippen LogP contribution is -2.13. The molecule has 2 N–H and O–H groups in total. The fourth-order valence-electron chi connectivity index (χ4n) is 2.55. The summed E-state index contributed by atoms with van der Waals surface area (Å²) >= 11 is 6.27. The van der Waals surface area contributed by atoms with Crippen molar-refractivity contribution in [1.82, 2.24) is 5.32 Å². The highest BCUT2D eigenvalue weighted by molar-refractivity contribution is 6.32. The minimum absolute atomic E-state index is 0.285. The molecule has 0 radical (unpaired) electrons. The third-order valence-corrected chi connectivity index (χ3v) is 3.97. The molecule has 0 atom stereocenters. The van der Waals surface area contributed by atoms with Crippen molar-refractivity contribution in [3.63, 3.8) is 0 Å². The monoisotopic (exact) mass is 347 g/mol. The number of ether oxygens (including phenoxy) is 2. The van der Waals surface area contributed by atoms with Gasteiger partial charge in [0.05, 0.1) is 23.8 Å². The molecule has 5 nitrogen and oxygen atoms in total. The molecular weight excluding hydrogens is 330 g/mol. The van der Waals surface area contributed by atoms with Gasteiger partial charge in [-0.25, -0.2) is 4.79 Å². The van der Waals surface area contributed by atoms with Crippen LogP contribution >= 0.6 is 11.6 Å². The van der Waals surface area contributed by atoms with Crippen molar-refractivity contribution in [2.75, 3.05) is 13.2 Å². The van der Waals surface area contributed by atoms with Crippen molar-refractivity contribution in [1.29, 1.82) is 0 Å². The predicted octanol–water partition coefficient (Wildman–Crippen LogP) is 3.49. The van der Waals surface area contributed by atoms with Gasteiger partial charge in [0.1, 0.15) is 0 Å². The van der Waals surface area contributed by atoms with E-state index in [-0.39, 0.29) is 5.56 Å². The molecule has 2 aromatic rings. The molecule has 0 fully saturated rings. The highest BCUT2D eigenvalue weighted by atomic mass is 35.5. The molecule has 0 aliphatic carbocycles. The normalized spacial score (nSPS) is 13.4. The Bertz CT molecular complexity index is 748. The molecule has 24 heavy (non-hydrogen) atoms. The quantitative estimate of drug-likeness (QED) is 0.866. The Morgan fingerprint density at radius 2 is 1.92 bits per heavy atom. The highest BCUT2D eigenvalue weighted by Gasteiger charge is 2.15. The van der Waals surface area contributed by atoms with Crippen molar-refractivity contribution in [3.8, 4) is 11.5 Å². The molecule has 6 heteroatoms. The number of hydrogen-bond donors (Lipinski definition) is 2. The molecule has 1 aliphatic rings. The fourth-order valence-corrected chi connectivity index (χ4v) is 2.84. The van der Waals surface area contributed by atoms with Crippen molar-refractivity contribution >= 4 is 17.6 Å². The SMILES string of the molecule is O=C(O)c1cccc(CNCc2cc(Cl)c3c(c2)OCCCO3)c1. The zero-order chi connectivity index (χ0) is 16.9. The van der Waals surface area contributed by atoms with Crippen molar-refractivity contribution < 1.29 is 19.4 Å². The number of benzene rings is 2. The van der Waals surface area contributed by atoms with Gasteiger partial charge in [0.15, 0.2) is 11.5 Å². The first-order valence-corrected chi connectivity index (χ1v) is 8.12. The molecular formula is C18H18ClNO4. The molecule has 126 valence electrons. The summed E-state index contributed by atoms with van der Waals surface area (Å²) in [5.41, 5.74) is 2.18. The summed E-state index contributed by atoms with van der Waals surface area (Å²) in [6.45, 7) is 2.37. The zero-order valence-corrected chi connectivity index (χ0v) is 13.8. The van der Waals surface area contributed by atoms with Gasteiger partial charge in [-0.3, -0.25) is 0 Å². The molecule has 1 heterocycles. The zero-order valence-electron chi connectivity index (χ0n) is 13.0. The minimum atomic E-state index is -0.925. The molecule has 0 amide bonds. The van der Waals surface area contributed by atoms with Crippen LogP contribution in [-0.4, -0.2) is 24.3 Å². The fraction of sp³-hybridized carbons (Fsp3) is 0.278. The van der Waals surface area contributed by atoms with Crippen molar-refractivity contribution in [2.24, 2.45) is 0 Å². The number of fused-ring (bicyclic) bond motifs is 1. The number of carboxylic acid groups (broad SMARTS) is 1. The molecule has 0 saturated carbocycles. The average molecular weight is 348 g/mol. The van der Waals surface area contributed by atoms with Crippen LogP contribution in [0.4, 0.5) is 0 Å². The third-order valence-electron chi connectivity index (χ3n) is 3.69. The summed E-state index contributed by atoms with van der Waals surface area (Å²) in [4.78, 5) is 11.0. The summed E-state index contributed by atoms with van der Waals surface area (Å²) in [5, 5.41) is 12.8. The Balaban J connectivity index is 1.65. The number of aromatic carboxylic acids is 1. The minimum Gasteiger partial charge on any atom is -0.489 e. The van der Waals surface area contributed by atoms with Gasteiger partial charge in [-0.1, -0.05) is 23.7 Å². The second-order valence-electron chi connectivity index (χ2n) is 5.56. The number of carbonyl (C=O) groups is 1. The first-order chi connectivity index (χ1) is 11.6. The molecule has 0 saturated heterocycles. The van der Waals surface area contributed by atoms with Gasteiger partial charge >= 0.3 is 5.97 Å². The molecule has 0 aromatic heterocycles. The molecule has 0 spiro atoms. The van der Waals surface area contributed by atoms with E-state index in [1.807, 2.05) is 18.2 Å². The van der Waals surface area contributed by atoms with Gasteiger partial charge in [-0.05, 0) is 35.4 Å². The van der Waals surface area contributed by atoms with Gasteiger partial charge in [0, 0.05) is 19.5 Å². The van der Waals surface area contributed by atoms with E-state index in [9.17, 15) is 4.79 Å². The van der Waals surface area contributed by atoms with Crippen LogP contribution in [0.5, 0.6) is 11.5 Å². The first-order valence-electron chi connectivity index (χ1n) is 7.74. The standard InChI is InChI=1S/C18H18ClNO4/c19-15-8-13(9-16-17(15)24-6-2-5-23-16)11-20-10-12-3-1-4-14(7-12)18(21)22/h1,3-4,7-9,20H,2,5-6,10-11H2,(H,21,22). The van der Waals surface area contributed by atoms with E-state index in [0.29, 0.717) is 42.8 Å². The Morgan fingerprint density at radius 3 is 2.75 bits per heavy atom. The topological polar surface area (TPSA) is 67.8 Å². The lowest BCUT2D eigenvalue weighted by atomic mass is 10.1. The van der Waals surface area contributed by atoms with Crippen LogP contribution in [0.2, 0.25) is 5.02 Å². The summed E-state index contributed by atoms with van der Waals surface area (Å²) in [7, 11) is 0.